The summed E-state index contributed by atoms with van der Waals surface area (Å²) in [5, 5.41) is 11.4. The van der Waals surface area contributed by atoms with Crippen LogP contribution in [0.2, 0.25) is 0 Å². The highest BCUT2D eigenvalue weighted by Crippen LogP contribution is 2.42. The van der Waals surface area contributed by atoms with Crippen molar-refractivity contribution in [1.29, 1.82) is 0 Å². The number of Topliss-reactive ketones (excluding diaryl/α,β-unsaturated/α-hetero) is 1. The minimum Gasteiger partial charge on any atom is -0.507 e. The number of furan rings is 1. The van der Waals surface area contributed by atoms with Gasteiger partial charge in [-0.3, -0.25) is 9.59 Å². The van der Waals surface area contributed by atoms with Crippen LogP contribution in [0.4, 0.5) is 0 Å². The van der Waals surface area contributed by atoms with Gasteiger partial charge in [0.1, 0.15) is 37.1 Å². The number of likely N-dealkylation sites (tertiary alicyclic amines) is 1. The third-order valence-electron chi connectivity index (χ3n) is 6.71. The van der Waals surface area contributed by atoms with Crippen LogP contribution in [0.25, 0.3) is 5.76 Å². The minimum absolute atomic E-state index is 0.0128. The van der Waals surface area contributed by atoms with Crippen LogP contribution in [-0.4, -0.2) is 34.9 Å². The van der Waals surface area contributed by atoms with Crippen LogP contribution >= 0.6 is 0 Å². The van der Waals surface area contributed by atoms with Gasteiger partial charge in [-0.05, 0) is 53.6 Å². The third-order valence-corrected chi connectivity index (χ3v) is 6.71. The fourth-order valence-electron chi connectivity index (χ4n) is 4.79. The molecular formula is C31H25NO7. The number of ketones is 1. The summed E-state index contributed by atoms with van der Waals surface area (Å²) in [6, 6.07) is 24.5. The summed E-state index contributed by atoms with van der Waals surface area (Å²) in [6.07, 6.45) is 1.51. The van der Waals surface area contributed by atoms with Gasteiger partial charge >= 0.3 is 0 Å². The van der Waals surface area contributed by atoms with Crippen molar-refractivity contribution in [2.24, 2.45) is 0 Å². The van der Waals surface area contributed by atoms with Gasteiger partial charge in [-0.2, -0.15) is 0 Å². The summed E-state index contributed by atoms with van der Waals surface area (Å²) < 4.78 is 22.6. The number of aliphatic hydroxyl groups is 1. The molecule has 196 valence electrons. The molecule has 1 N–H and O–H groups in total. The largest absolute Gasteiger partial charge is 0.507 e. The maximum absolute atomic E-state index is 13.3. The van der Waals surface area contributed by atoms with Crippen LogP contribution < -0.4 is 14.2 Å². The Morgan fingerprint density at radius 1 is 0.897 bits per heavy atom. The van der Waals surface area contributed by atoms with Crippen molar-refractivity contribution >= 4 is 17.4 Å². The molecule has 1 amide bonds. The van der Waals surface area contributed by atoms with E-state index in [9.17, 15) is 14.7 Å². The first kappa shape index (κ1) is 24.4. The second-order valence-electron chi connectivity index (χ2n) is 9.21. The van der Waals surface area contributed by atoms with E-state index in [1.165, 1.54) is 11.2 Å². The van der Waals surface area contributed by atoms with Crippen molar-refractivity contribution in [3.8, 4) is 17.2 Å². The Hall–Kier alpha value is -4.98. The van der Waals surface area contributed by atoms with Gasteiger partial charge in [0.15, 0.2) is 11.5 Å². The summed E-state index contributed by atoms with van der Waals surface area (Å²) in [7, 11) is 0. The first-order valence-corrected chi connectivity index (χ1v) is 12.6. The van der Waals surface area contributed by atoms with E-state index >= 15 is 0 Å². The van der Waals surface area contributed by atoms with Crippen LogP contribution in [0.1, 0.15) is 28.5 Å². The molecule has 1 fully saturated rings. The van der Waals surface area contributed by atoms with E-state index in [0.29, 0.717) is 54.0 Å². The topological polar surface area (TPSA) is 98.4 Å². The van der Waals surface area contributed by atoms with Crippen molar-refractivity contribution in [2.45, 2.75) is 19.2 Å². The molecule has 3 heterocycles. The lowest BCUT2D eigenvalue weighted by molar-refractivity contribution is -0.140. The summed E-state index contributed by atoms with van der Waals surface area (Å²) in [5.74, 6) is 0.386. The molecule has 1 unspecified atom stereocenters. The van der Waals surface area contributed by atoms with Gasteiger partial charge < -0.3 is 28.6 Å². The smallest absolute Gasteiger partial charge is 0.296 e. The van der Waals surface area contributed by atoms with Crippen molar-refractivity contribution in [3.05, 3.63) is 119 Å². The highest BCUT2D eigenvalue weighted by Gasteiger charge is 2.46. The van der Waals surface area contributed by atoms with Crippen LogP contribution in [0.15, 0.2) is 101 Å². The van der Waals surface area contributed by atoms with Crippen molar-refractivity contribution in [3.63, 3.8) is 0 Å². The lowest BCUT2D eigenvalue weighted by atomic mass is 9.95. The van der Waals surface area contributed by atoms with E-state index < -0.39 is 17.7 Å². The molecule has 4 aromatic rings. The summed E-state index contributed by atoms with van der Waals surface area (Å²) >= 11 is 0. The number of ether oxygens (including phenoxy) is 3. The average molecular weight is 524 g/mol. The lowest BCUT2D eigenvalue weighted by Crippen LogP contribution is -2.29. The van der Waals surface area contributed by atoms with E-state index in [4.69, 9.17) is 18.6 Å². The molecule has 0 saturated carbocycles. The lowest BCUT2D eigenvalue weighted by Gasteiger charge is -2.25. The zero-order chi connectivity index (χ0) is 26.8. The van der Waals surface area contributed by atoms with E-state index in [-0.39, 0.29) is 17.9 Å². The number of carbonyl (C=O) groups excluding carboxylic acids is 2. The molecule has 1 saturated heterocycles. The first-order chi connectivity index (χ1) is 19.1. The van der Waals surface area contributed by atoms with Crippen molar-refractivity contribution in [2.75, 3.05) is 13.2 Å². The average Bonchev–Trinajstić information content (AvgIpc) is 3.59. The predicted molar refractivity (Wildman–Crippen MR) is 141 cm³/mol. The first-order valence-electron chi connectivity index (χ1n) is 12.6. The molecule has 0 aliphatic carbocycles. The Morgan fingerprint density at radius 3 is 2.41 bits per heavy atom. The highest BCUT2D eigenvalue weighted by atomic mass is 16.6. The van der Waals surface area contributed by atoms with Crippen molar-refractivity contribution in [1.82, 2.24) is 4.90 Å². The quantitative estimate of drug-likeness (QED) is 0.201. The third kappa shape index (κ3) is 4.84. The SMILES string of the molecule is O=C1C(=O)N(Cc2ccco2)C(c2ccc(OCc3ccccc3)cc2)/C1=C(/O)c1ccc2c(c1)OCCO2. The highest BCUT2D eigenvalue weighted by molar-refractivity contribution is 6.46. The summed E-state index contributed by atoms with van der Waals surface area (Å²) in [4.78, 5) is 28.0. The fourth-order valence-corrected chi connectivity index (χ4v) is 4.79. The number of nitrogens with zero attached hydrogens (tertiary/aromatic N) is 1. The van der Waals surface area contributed by atoms with Gasteiger partial charge in [-0.1, -0.05) is 42.5 Å². The molecule has 2 aliphatic rings. The Morgan fingerprint density at radius 2 is 1.67 bits per heavy atom. The minimum atomic E-state index is -0.841. The molecule has 0 spiro atoms. The molecule has 1 atom stereocenters. The van der Waals surface area contributed by atoms with Crippen LogP contribution in [0, 0.1) is 0 Å². The van der Waals surface area contributed by atoms with Gasteiger partial charge in [-0.25, -0.2) is 0 Å². The van der Waals surface area contributed by atoms with Crippen molar-refractivity contribution < 1.29 is 33.3 Å². The van der Waals surface area contributed by atoms with Gasteiger partial charge in [0.2, 0.25) is 0 Å². The number of fused-ring (bicyclic) bond motifs is 1. The van der Waals surface area contributed by atoms with Crippen LogP contribution in [-0.2, 0) is 22.7 Å². The van der Waals surface area contributed by atoms with E-state index in [1.54, 1.807) is 54.6 Å². The number of hydrogen-bond acceptors (Lipinski definition) is 7. The number of aliphatic hydroxyl groups excluding tert-OH is 1. The molecule has 0 radical (unpaired) electrons. The Balaban J connectivity index is 1.36. The number of rotatable bonds is 7. The van der Waals surface area contributed by atoms with E-state index in [2.05, 4.69) is 0 Å². The fraction of sp³-hybridized carbons (Fsp3) is 0.161. The van der Waals surface area contributed by atoms with Gasteiger partial charge in [0.25, 0.3) is 11.7 Å². The Bertz CT molecular complexity index is 1530. The molecular weight excluding hydrogens is 498 g/mol. The number of hydrogen-bond donors (Lipinski definition) is 1. The molecule has 1 aromatic heterocycles. The molecule has 39 heavy (non-hydrogen) atoms. The van der Waals surface area contributed by atoms with Gasteiger partial charge in [0, 0.05) is 5.56 Å². The number of carbonyl (C=O) groups is 2. The van der Waals surface area contributed by atoms with Gasteiger partial charge in [-0.15, -0.1) is 0 Å². The monoisotopic (exact) mass is 523 g/mol. The normalized spacial score (nSPS) is 17.8. The molecule has 8 heteroatoms. The Labute approximate surface area is 224 Å². The van der Waals surface area contributed by atoms with E-state index in [0.717, 1.165) is 5.56 Å². The van der Waals surface area contributed by atoms with Crippen LogP contribution in [0.3, 0.4) is 0 Å². The molecule has 6 rings (SSSR count). The summed E-state index contributed by atoms with van der Waals surface area (Å²) in [5.41, 5.74) is 2.02. The zero-order valence-corrected chi connectivity index (χ0v) is 20.9. The number of amides is 1. The Kier molecular flexibility index (Phi) is 6.50. The van der Waals surface area contributed by atoms with Crippen LogP contribution in [0.5, 0.6) is 17.2 Å². The standard InChI is InChI=1S/C31H25NO7/c33-29(22-10-13-25-26(17-22)38-16-15-37-25)27-28(32(31(35)30(27)34)18-24-7-4-14-36-24)21-8-11-23(12-9-21)39-19-20-5-2-1-3-6-20/h1-14,17,28,33H,15-16,18-19H2/b29-27-. The molecule has 2 aliphatic heterocycles. The maximum Gasteiger partial charge on any atom is 0.296 e. The predicted octanol–water partition coefficient (Wildman–Crippen LogP) is 5.25. The molecule has 8 nitrogen and oxygen atoms in total. The second-order valence-corrected chi connectivity index (χ2v) is 9.21. The second kappa shape index (κ2) is 10.4. The summed E-state index contributed by atoms with van der Waals surface area (Å²) in [6.45, 7) is 1.28. The van der Waals surface area contributed by atoms with Gasteiger partial charge in [0.05, 0.1) is 24.4 Å². The zero-order valence-electron chi connectivity index (χ0n) is 20.9. The molecule has 0 bridgehead atoms. The van der Waals surface area contributed by atoms with E-state index in [1.807, 2.05) is 30.3 Å². The molecule has 3 aromatic carbocycles. The number of benzene rings is 3. The maximum atomic E-state index is 13.3.